The average molecular weight is 332 g/mol. The first-order valence-corrected chi connectivity index (χ1v) is 7.58. The predicted octanol–water partition coefficient (Wildman–Crippen LogP) is 2.80. The number of benzene rings is 1. The highest BCUT2D eigenvalue weighted by Gasteiger charge is 2.19. The molecule has 2 aromatic rings. The van der Waals surface area contributed by atoms with Gasteiger partial charge in [0, 0.05) is 20.2 Å². The van der Waals surface area contributed by atoms with Crippen molar-refractivity contribution in [2.24, 2.45) is 5.73 Å². The lowest BCUT2D eigenvalue weighted by molar-refractivity contribution is -0.142. The normalized spacial score (nSPS) is 13.3. The van der Waals surface area contributed by atoms with Crippen molar-refractivity contribution in [1.82, 2.24) is 4.98 Å². The van der Waals surface area contributed by atoms with E-state index in [1.807, 2.05) is 36.4 Å². The number of rotatable bonds is 7. The van der Waals surface area contributed by atoms with Gasteiger partial charge in [0.2, 0.25) is 0 Å². The van der Waals surface area contributed by atoms with E-state index in [0.717, 1.165) is 16.7 Å². The second-order valence-electron chi connectivity index (χ2n) is 5.41. The standard InChI is InChI=1S/C18H21FN2O3/c1-12(22)24-11-16-9-15(7-8-21-16)13-3-5-14(6-4-13)18(23-2)17(20)10-19/h3-9,17-18H,10-11,20H2,1-2H3/t17-,18-/m1/s1. The van der Waals surface area contributed by atoms with E-state index in [4.69, 9.17) is 15.2 Å². The molecule has 0 aliphatic rings. The van der Waals surface area contributed by atoms with E-state index in [9.17, 15) is 9.18 Å². The van der Waals surface area contributed by atoms with Crippen molar-refractivity contribution in [1.29, 1.82) is 0 Å². The number of hydrogen-bond donors (Lipinski definition) is 1. The van der Waals surface area contributed by atoms with Gasteiger partial charge in [0.05, 0.1) is 17.8 Å². The van der Waals surface area contributed by atoms with E-state index >= 15 is 0 Å². The van der Waals surface area contributed by atoms with Crippen LogP contribution in [0.2, 0.25) is 0 Å². The number of halogens is 1. The second-order valence-corrected chi connectivity index (χ2v) is 5.41. The molecule has 2 atom stereocenters. The minimum Gasteiger partial charge on any atom is -0.459 e. The Morgan fingerprint density at radius 3 is 2.54 bits per heavy atom. The molecule has 5 nitrogen and oxygen atoms in total. The number of hydrogen-bond acceptors (Lipinski definition) is 5. The van der Waals surface area contributed by atoms with Gasteiger partial charge in [-0.2, -0.15) is 0 Å². The molecule has 0 bridgehead atoms. The van der Waals surface area contributed by atoms with Gasteiger partial charge in [-0.05, 0) is 28.8 Å². The number of alkyl halides is 1. The van der Waals surface area contributed by atoms with Gasteiger partial charge in [-0.3, -0.25) is 9.78 Å². The Kier molecular flexibility index (Phi) is 6.40. The minimum absolute atomic E-state index is 0.137. The Morgan fingerprint density at radius 1 is 1.25 bits per heavy atom. The molecular weight excluding hydrogens is 311 g/mol. The van der Waals surface area contributed by atoms with Crippen molar-refractivity contribution >= 4 is 5.97 Å². The van der Waals surface area contributed by atoms with Crippen molar-refractivity contribution < 1.29 is 18.7 Å². The maximum atomic E-state index is 12.8. The van der Waals surface area contributed by atoms with Crippen LogP contribution in [0.5, 0.6) is 0 Å². The van der Waals surface area contributed by atoms with Gasteiger partial charge in [-0.15, -0.1) is 0 Å². The summed E-state index contributed by atoms with van der Waals surface area (Å²) in [6.07, 6.45) is 1.18. The van der Waals surface area contributed by atoms with Crippen LogP contribution in [0, 0.1) is 0 Å². The van der Waals surface area contributed by atoms with E-state index < -0.39 is 18.8 Å². The quantitative estimate of drug-likeness (QED) is 0.789. The first-order chi connectivity index (χ1) is 11.5. The summed E-state index contributed by atoms with van der Waals surface area (Å²) in [5.41, 5.74) is 9.14. The minimum atomic E-state index is -0.697. The van der Waals surface area contributed by atoms with Crippen LogP contribution < -0.4 is 5.73 Å². The highest BCUT2D eigenvalue weighted by Crippen LogP contribution is 2.25. The number of nitrogens with zero attached hydrogens (tertiary/aromatic N) is 1. The monoisotopic (exact) mass is 332 g/mol. The third-order valence-electron chi connectivity index (χ3n) is 3.63. The number of esters is 1. The largest absolute Gasteiger partial charge is 0.459 e. The lowest BCUT2D eigenvalue weighted by Gasteiger charge is -2.20. The zero-order valence-corrected chi connectivity index (χ0v) is 13.7. The molecule has 2 rings (SSSR count). The Hall–Kier alpha value is -2.31. The zero-order chi connectivity index (χ0) is 17.5. The number of methoxy groups -OCH3 is 1. The van der Waals surface area contributed by atoms with Crippen LogP contribution in [-0.2, 0) is 20.9 Å². The molecule has 1 aromatic carbocycles. The maximum absolute atomic E-state index is 12.8. The SMILES string of the molecule is CO[C@H](c1ccc(-c2ccnc(COC(C)=O)c2)cc1)[C@H](N)CF. The van der Waals surface area contributed by atoms with Crippen molar-refractivity contribution in [2.45, 2.75) is 25.7 Å². The Morgan fingerprint density at radius 2 is 1.96 bits per heavy atom. The van der Waals surface area contributed by atoms with Crippen LogP contribution in [0.15, 0.2) is 42.6 Å². The molecule has 128 valence electrons. The fourth-order valence-corrected chi connectivity index (χ4v) is 2.42. The Labute approximate surface area is 140 Å². The molecule has 24 heavy (non-hydrogen) atoms. The fourth-order valence-electron chi connectivity index (χ4n) is 2.42. The van der Waals surface area contributed by atoms with Crippen LogP contribution in [-0.4, -0.2) is 30.8 Å². The summed E-state index contributed by atoms with van der Waals surface area (Å²) in [4.78, 5) is 15.1. The van der Waals surface area contributed by atoms with Crippen LogP contribution in [0.1, 0.15) is 24.3 Å². The van der Waals surface area contributed by atoms with Gasteiger partial charge >= 0.3 is 5.97 Å². The first-order valence-electron chi connectivity index (χ1n) is 7.58. The molecule has 0 unspecified atom stereocenters. The van der Waals surface area contributed by atoms with Crippen LogP contribution in [0.3, 0.4) is 0 Å². The first kappa shape index (κ1) is 18.0. The number of carbonyl (C=O) groups is 1. The van der Waals surface area contributed by atoms with E-state index in [1.54, 1.807) is 6.20 Å². The maximum Gasteiger partial charge on any atom is 0.303 e. The Balaban J connectivity index is 2.18. The van der Waals surface area contributed by atoms with Gasteiger partial charge in [0.15, 0.2) is 0 Å². The fraction of sp³-hybridized carbons (Fsp3) is 0.333. The number of ether oxygens (including phenoxy) is 2. The summed E-state index contributed by atoms with van der Waals surface area (Å²) in [6.45, 7) is 0.847. The summed E-state index contributed by atoms with van der Waals surface area (Å²) < 4.78 is 23.0. The lowest BCUT2D eigenvalue weighted by Crippen LogP contribution is -2.31. The van der Waals surface area contributed by atoms with Crippen molar-refractivity contribution in [3.05, 3.63) is 53.9 Å². The lowest BCUT2D eigenvalue weighted by atomic mass is 9.99. The molecule has 0 aliphatic carbocycles. The van der Waals surface area contributed by atoms with Crippen molar-refractivity contribution in [3.63, 3.8) is 0 Å². The molecule has 0 saturated heterocycles. The number of nitrogens with two attached hydrogens (primary N) is 1. The molecular formula is C18H21FN2O3. The smallest absolute Gasteiger partial charge is 0.303 e. The molecule has 6 heteroatoms. The van der Waals surface area contributed by atoms with Gasteiger partial charge in [0.1, 0.15) is 13.3 Å². The third kappa shape index (κ3) is 4.59. The van der Waals surface area contributed by atoms with E-state index in [2.05, 4.69) is 4.98 Å². The van der Waals surface area contributed by atoms with E-state index in [1.165, 1.54) is 14.0 Å². The predicted molar refractivity (Wildman–Crippen MR) is 88.8 cm³/mol. The average Bonchev–Trinajstić information content (AvgIpc) is 2.61. The highest BCUT2D eigenvalue weighted by molar-refractivity contribution is 5.66. The number of pyridine rings is 1. The number of carbonyl (C=O) groups excluding carboxylic acids is 1. The van der Waals surface area contributed by atoms with Gasteiger partial charge in [-0.25, -0.2) is 4.39 Å². The topological polar surface area (TPSA) is 74.4 Å². The molecule has 2 N–H and O–H groups in total. The van der Waals surface area contributed by atoms with E-state index in [0.29, 0.717) is 5.69 Å². The molecule has 0 radical (unpaired) electrons. The highest BCUT2D eigenvalue weighted by atomic mass is 19.1. The summed E-state index contributed by atoms with van der Waals surface area (Å²) in [6, 6.07) is 10.6. The van der Waals surface area contributed by atoms with Crippen LogP contribution in [0.25, 0.3) is 11.1 Å². The van der Waals surface area contributed by atoms with Gasteiger partial charge in [-0.1, -0.05) is 24.3 Å². The van der Waals surface area contributed by atoms with Gasteiger partial charge < -0.3 is 15.2 Å². The van der Waals surface area contributed by atoms with Crippen LogP contribution >= 0.6 is 0 Å². The van der Waals surface area contributed by atoms with Crippen molar-refractivity contribution in [2.75, 3.05) is 13.8 Å². The van der Waals surface area contributed by atoms with Crippen molar-refractivity contribution in [3.8, 4) is 11.1 Å². The summed E-state index contributed by atoms with van der Waals surface area (Å²) in [5, 5.41) is 0. The van der Waals surface area contributed by atoms with E-state index in [-0.39, 0.29) is 12.6 Å². The van der Waals surface area contributed by atoms with Crippen LogP contribution in [0.4, 0.5) is 4.39 Å². The zero-order valence-electron chi connectivity index (χ0n) is 13.7. The van der Waals surface area contributed by atoms with Gasteiger partial charge in [0.25, 0.3) is 0 Å². The molecule has 0 aliphatic heterocycles. The second kappa shape index (κ2) is 8.52. The summed E-state index contributed by atoms with van der Waals surface area (Å²) in [7, 11) is 1.51. The molecule has 0 saturated carbocycles. The molecule has 0 spiro atoms. The third-order valence-corrected chi connectivity index (χ3v) is 3.63. The molecule has 1 heterocycles. The number of aromatic nitrogens is 1. The summed E-state index contributed by atoms with van der Waals surface area (Å²) in [5.74, 6) is -0.346. The molecule has 0 amide bonds. The molecule has 1 aromatic heterocycles. The summed E-state index contributed by atoms with van der Waals surface area (Å²) >= 11 is 0. The molecule has 0 fully saturated rings. The Bertz CT molecular complexity index is 676.